The molecule has 0 aromatic heterocycles. The van der Waals surface area contributed by atoms with Crippen LogP contribution in [0.1, 0.15) is 30.4 Å². The number of carbonyl (C=O) groups excluding carboxylic acids is 1. The van der Waals surface area contributed by atoms with Crippen molar-refractivity contribution in [2.24, 2.45) is 0 Å². The molecular weight excluding hydrogens is 286 g/mol. The molecule has 3 rings (SSSR count). The van der Waals surface area contributed by atoms with Crippen LogP contribution in [-0.4, -0.2) is 19.1 Å². The lowest BCUT2D eigenvalue weighted by molar-refractivity contribution is -0.122. The second-order valence-electron chi connectivity index (χ2n) is 6.26. The number of hydrogen-bond donors (Lipinski definition) is 1. The summed E-state index contributed by atoms with van der Waals surface area (Å²) in [5, 5.41) is 2.98. The van der Waals surface area contributed by atoms with E-state index in [1.54, 1.807) is 0 Å². The van der Waals surface area contributed by atoms with E-state index in [1.807, 2.05) is 36.4 Å². The van der Waals surface area contributed by atoms with Crippen molar-refractivity contribution in [3.8, 4) is 0 Å². The summed E-state index contributed by atoms with van der Waals surface area (Å²) in [6, 6.07) is 20.5. The zero-order valence-corrected chi connectivity index (χ0v) is 13.3. The van der Waals surface area contributed by atoms with Crippen LogP contribution in [0.25, 0.3) is 0 Å². The molecule has 23 heavy (non-hydrogen) atoms. The topological polar surface area (TPSA) is 38.3 Å². The Kier molecular flexibility index (Phi) is 5.09. The van der Waals surface area contributed by atoms with Gasteiger partial charge in [0.15, 0.2) is 0 Å². The van der Waals surface area contributed by atoms with Gasteiger partial charge in [0.05, 0.1) is 13.2 Å². The Labute approximate surface area is 137 Å². The van der Waals surface area contributed by atoms with Gasteiger partial charge < -0.3 is 10.1 Å². The molecule has 0 spiro atoms. The highest BCUT2D eigenvalue weighted by Gasteiger charge is 2.36. The Morgan fingerprint density at radius 2 is 1.70 bits per heavy atom. The Morgan fingerprint density at radius 3 is 2.43 bits per heavy atom. The molecule has 3 heteroatoms. The minimum Gasteiger partial charge on any atom is -0.376 e. The predicted molar refractivity (Wildman–Crippen MR) is 91.1 cm³/mol. The third kappa shape index (κ3) is 3.99. The molecule has 0 saturated carbocycles. The van der Waals surface area contributed by atoms with Crippen molar-refractivity contribution in [2.75, 3.05) is 13.2 Å². The largest absolute Gasteiger partial charge is 0.376 e. The Balaban J connectivity index is 1.76. The van der Waals surface area contributed by atoms with Crippen molar-refractivity contribution in [2.45, 2.75) is 31.3 Å². The second-order valence-corrected chi connectivity index (χ2v) is 6.26. The molecule has 1 heterocycles. The standard InChI is InChI=1S/C20H23NO2/c22-19-14-20(12-7-13-21-19,18-10-5-2-6-11-18)16-23-15-17-8-3-1-4-9-17/h1-6,8-11H,7,12-16H2,(H,21,22). The normalized spacial score (nSPS) is 21.5. The number of benzene rings is 2. The maximum atomic E-state index is 12.1. The summed E-state index contributed by atoms with van der Waals surface area (Å²) in [4.78, 5) is 12.1. The maximum absolute atomic E-state index is 12.1. The molecule has 0 bridgehead atoms. The Morgan fingerprint density at radius 1 is 1.00 bits per heavy atom. The van der Waals surface area contributed by atoms with Gasteiger partial charge in [-0.2, -0.15) is 0 Å². The van der Waals surface area contributed by atoms with Crippen LogP contribution in [0, 0.1) is 0 Å². The van der Waals surface area contributed by atoms with E-state index < -0.39 is 0 Å². The van der Waals surface area contributed by atoms with Gasteiger partial charge in [-0.25, -0.2) is 0 Å². The third-order valence-electron chi connectivity index (χ3n) is 4.53. The molecule has 2 aromatic carbocycles. The van der Waals surface area contributed by atoms with Gasteiger partial charge in [-0.05, 0) is 24.0 Å². The molecule has 0 radical (unpaired) electrons. The van der Waals surface area contributed by atoms with Crippen LogP contribution >= 0.6 is 0 Å². The number of carbonyl (C=O) groups is 1. The smallest absolute Gasteiger partial charge is 0.220 e. The molecule has 1 fully saturated rings. The summed E-state index contributed by atoms with van der Waals surface area (Å²) in [7, 11) is 0. The number of amides is 1. The first-order valence-electron chi connectivity index (χ1n) is 8.22. The van der Waals surface area contributed by atoms with E-state index in [0.717, 1.165) is 24.9 Å². The predicted octanol–water partition coefficient (Wildman–Crippen LogP) is 3.44. The molecule has 1 aliphatic heterocycles. The van der Waals surface area contributed by atoms with Crippen LogP contribution in [0.2, 0.25) is 0 Å². The fourth-order valence-electron chi connectivity index (χ4n) is 3.30. The van der Waals surface area contributed by atoms with Crippen LogP contribution in [0.5, 0.6) is 0 Å². The van der Waals surface area contributed by atoms with Crippen molar-refractivity contribution in [1.82, 2.24) is 5.32 Å². The second kappa shape index (κ2) is 7.42. The lowest BCUT2D eigenvalue weighted by atomic mass is 9.75. The summed E-state index contributed by atoms with van der Waals surface area (Å²) in [5.41, 5.74) is 2.13. The first-order valence-corrected chi connectivity index (χ1v) is 8.22. The van der Waals surface area contributed by atoms with Crippen molar-refractivity contribution in [1.29, 1.82) is 0 Å². The van der Waals surface area contributed by atoms with Gasteiger partial charge in [-0.1, -0.05) is 60.7 Å². The highest BCUT2D eigenvalue weighted by atomic mass is 16.5. The molecule has 1 unspecified atom stereocenters. The lowest BCUT2D eigenvalue weighted by Crippen LogP contribution is -2.35. The minimum atomic E-state index is -0.226. The average molecular weight is 309 g/mol. The summed E-state index contributed by atoms with van der Waals surface area (Å²) in [6.07, 6.45) is 2.44. The third-order valence-corrected chi connectivity index (χ3v) is 4.53. The first kappa shape index (κ1) is 15.8. The van der Waals surface area contributed by atoms with E-state index in [9.17, 15) is 4.79 Å². The maximum Gasteiger partial charge on any atom is 0.220 e. The summed E-state index contributed by atoms with van der Waals surface area (Å²) >= 11 is 0. The van der Waals surface area contributed by atoms with E-state index in [1.165, 1.54) is 5.56 Å². The molecule has 1 saturated heterocycles. The minimum absolute atomic E-state index is 0.120. The Hall–Kier alpha value is -2.13. The Bertz CT molecular complexity index is 627. The fraction of sp³-hybridized carbons (Fsp3) is 0.350. The molecule has 1 atom stereocenters. The van der Waals surface area contributed by atoms with Crippen molar-refractivity contribution in [3.05, 3.63) is 71.8 Å². The highest BCUT2D eigenvalue weighted by molar-refractivity contribution is 5.78. The van der Waals surface area contributed by atoms with Gasteiger partial charge in [0.2, 0.25) is 5.91 Å². The van der Waals surface area contributed by atoms with Gasteiger partial charge in [-0.3, -0.25) is 4.79 Å². The number of rotatable bonds is 5. The summed E-state index contributed by atoms with van der Waals surface area (Å²) in [6.45, 7) is 1.91. The van der Waals surface area contributed by atoms with E-state index in [2.05, 4.69) is 29.6 Å². The molecule has 0 aliphatic carbocycles. The average Bonchev–Trinajstić information content (AvgIpc) is 2.79. The summed E-state index contributed by atoms with van der Waals surface area (Å²) in [5.74, 6) is 0.120. The van der Waals surface area contributed by atoms with Crippen LogP contribution in [0.4, 0.5) is 0 Å². The summed E-state index contributed by atoms with van der Waals surface area (Å²) < 4.78 is 6.04. The van der Waals surface area contributed by atoms with Crippen molar-refractivity contribution in [3.63, 3.8) is 0 Å². The molecule has 1 amide bonds. The molecule has 3 nitrogen and oxygen atoms in total. The SMILES string of the molecule is O=C1CC(COCc2ccccc2)(c2ccccc2)CCCN1. The van der Waals surface area contributed by atoms with Crippen molar-refractivity contribution >= 4 is 5.91 Å². The highest BCUT2D eigenvalue weighted by Crippen LogP contribution is 2.35. The zero-order chi connectivity index (χ0) is 16.0. The molecule has 1 aliphatic rings. The van der Waals surface area contributed by atoms with Crippen LogP contribution in [0.15, 0.2) is 60.7 Å². The molecule has 2 aromatic rings. The number of ether oxygens (including phenoxy) is 1. The van der Waals surface area contributed by atoms with E-state index in [-0.39, 0.29) is 11.3 Å². The van der Waals surface area contributed by atoms with E-state index >= 15 is 0 Å². The number of hydrogen-bond acceptors (Lipinski definition) is 2. The van der Waals surface area contributed by atoms with Gasteiger partial charge in [0.25, 0.3) is 0 Å². The van der Waals surface area contributed by atoms with Crippen molar-refractivity contribution < 1.29 is 9.53 Å². The van der Waals surface area contributed by atoms with Gasteiger partial charge in [0, 0.05) is 18.4 Å². The lowest BCUT2D eigenvalue weighted by Gasteiger charge is -2.32. The van der Waals surface area contributed by atoms with Crippen LogP contribution in [0.3, 0.4) is 0 Å². The van der Waals surface area contributed by atoms with E-state index in [4.69, 9.17) is 4.74 Å². The van der Waals surface area contributed by atoms with Gasteiger partial charge >= 0.3 is 0 Å². The van der Waals surface area contributed by atoms with Crippen LogP contribution < -0.4 is 5.32 Å². The van der Waals surface area contributed by atoms with Crippen LogP contribution in [-0.2, 0) is 21.6 Å². The monoisotopic (exact) mass is 309 g/mol. The zero-order valence-electron chi connectivity index (χ0n) is 13.3. The quantitative estimate of drug-likeness (QED) is 0.919. The molecular formula is C20H23NO2. The molecule has 1 N–H and O–H groups in total. The van der Waals surface area contributed by atoms with Gasteiger partial charge in [0.1, 0.15) is 0 Å². The van der Waals surface area contributed by atoms with Gasteiger partial charge in [-0.15, -0.1) is 0 Å². The van der Waals surface area contributed by atoms with E-state index in [0.29, 0.717) is 19.6 Å². The fourth-order valence-corrected chi connectivity index (χ4v) is 3.30. The first-order chi connectivity index (χ1) is 11.3. The number of nitrogens with one attached hydrogen (secondary N) is 1. The molecule has 120 valence electrons.